The van der Waals surface area contributed by atoms with Crippen LogP contribution in [0.25, 0.3) is 11.1 Å². The molecule has 0 atom stereocenters. The van der Waals surface area contributed by atoms with Crippen LogP contribution in [0.3, 0.4) is 0 Å². The Morgan fingerprint density at radius 1 is 1.36 bits per heavy atom. The predicted octanol–water partition coefficient (Wildman–Crippen LogP) is 4.45. The molecule has 0 aliphatic rings. The van der Waals surface area contributed by atoms with Crippen molar-refractivity contribution in [2.24, 2.45) is 0 Å². The molecule has 2 heterocycles. The lowest BCUT2D eigenvalue weighted by molar-refractivity contribution is 0.0952. The van der Waals surface area contributed by atoms with Gasteiger partial charge in [-0.1, -0.05) is 11.6 Å². The van der Waals surface area contributed by atoms with E-state index in [0.717, 1.165) is 28.6 Å². The average molecular weight is 378 g/mol. The van der Waals surface area contributed by atoms with Crippen molar-refractivity contribution in [3.63, 3.8) is 0 Å². The van der Waals surface area contributed by atoms with E-state index in [1.54, 1.807) is 11.3 Å². The Morgan fingerprint density at radius 2 is 2.16 bits per heavy atom. The van der Waals surface area contributed by atoms with Crippen LogP contribution >= 0.6 is 22.9 Å². The highest BCUT2D eigenvalue weighted by Gasteiger charge is 2.14. The van der Waals surface area contributed by atoms with Gasteiger partial charge in [-0.15, -0.1) is 0 Å². The van der Waals surface area contributed by atoms with Crippen LogP contribution < -0.4 is 5.32 Å². The maximum atomic E-state index is 13.1. The molecule has 130 valence electrons. The van der Waals surface area contributed by atoms with Gasteiger partial charge in [-0.2, -0.15) is 16.4 Å². The number of hydrogen-bond acceptors (Lipinski definition) is 3. The number of carbonyl (C=O) groups is 1. The Labute approximate surface area is 154 Å². The Bertz CT molecular complexity index is 905. The van der Waals surface area contributed by atoms with Gasteiger partial charge < -0.3 is 5.32 Å². The number of aryl methyl sites for hydroxylation is 1. The van der Waals surface area contributed by atoms with Gasteiger partial charge in [-0.3, -0.25) is 9.48 Å². The molecule has 0 saturated carbocycles. The van der Waals surface area contributed by atoms with Crippen LogP contribution in [0.5, 0.6) is 0 Å². The SMILES string of the molecule is Cc1nn(CCNC(=O)c2ccc(F)cc2Cl)c(C)c1-c1ccsc1. The van der Waals surface area contributed by atoms with Crippen LogP contribution in [0.4, 0.5) is 4.39 Å². The molecule has 0 aliphatic carbocycles. The molecule has 3 rings (SSSR count). The summed E-state index contributed by atoms with van der Waals surface area (Å²) < 4.78 is 14.9. The van der Waals surface area contributed by atoms with Crippen molar-refractivity contribution in [2.45, 2.75) is 20.4 Å². The first kappa shape index (κ1) is 17.6. The summed E-state index contributed by atoms with van der Waals surface area (Å²) in [6, 6.07) is 5.80. The fourth-order valence-electron chi connectivity index (χ4n) is 2.78. The fourth-order valence-corrected chi connectivity index (χ4v) is 3.68. The standard InChI is InChI=1S/C18H17ClFN3OS/c1-11-17(13-5-8-25-10-13)12(2)23(22-11)7-6-21-18(24)15-4-3-14(20)9-16(15)19/h3-5,8-10H,6-7H2,1-2H3,(H,21,24). The lowest BCUT2D eigenvalue weighted by atomic mass is 10.1. The van der Waals surface area contributed by atoms with Gasteiger partial charge in [0.15, 0.2) is 0 Å². The number of nitrogens with zero attached hydrogens (tertiary/aromatic N) is 2. The summed E-state index contributed by atoms with van der Waals surface area (Å²) in [5.41, 5.74) is 4.58. The van der Waals surface area contributed by atoms with Crippen molar-refractivity contribution in [1.82, 2.24) is 15.1 Å². The van der Waals surface area contributed by atoms with Crippen molar-refractivity contribution < 1.29 is 9.18 Å². The maximum absolute atomic E-state index is 13.1. The minimum Gasteiger partial charge on any atom is -0.350 e. The van der Waals surface area contributed by atoms with Crippen molar-refractivity contribution in [1.29, 1.82) is 0 Å². The summed E-state index contributed by atoms with van der Waals surface area (Å²) in [6.45, 7) is 4.94. The molecule has 0 fully saturated rings. The predicted molar refractivity (Wildman–Crippen MR) is 98.8 cm³/mol. The van der Waals surface area contributed by atoms with Crippen LogP contribution in [0.2, 0.25) is 5.02 Å². The van der Waals surface area contributed by atoms with Crippen LogP contribution in [0, 0.1) is 19.7 Å². The quantitative estimate of drug-likeness (QED) is 0.714. The van der Waals surface area contributed by atoms with Crippen LogP contribution in [-0.4, -0.2) is 22.2 Å². The summed E-state index contributed by atoms with van der Waals surface area (Å²) >= 11 is 7.56. The summed E-state index contributed by atoms with van der Waals surface area (Å²) in [5, 5.41) is 11.6. The minimum atomic E-state index is -0.467. The van der Waals surface area contributed by atoms with Gasteiger partial charge in [0.2, 0.25) is 0 Å². The Morgan fingerprint density at radius 3 is 2.84 bits per heavy atom. The molecule has 0 radical (unpaired) electrons. The number of halogens is 2. The molecular weight excluding hydrogens is 361 g/mol. The topological polar surface area (TPSA) is 46.9 Å². The normalized spacial score (nSPS) is 10.9. The van der Waals surface area contributed by atoms with Crippen LogP contribution in [-0.2, 0) is 6.54 Å². The second-order valence-corrected chi connectivity index (χ2v) is 6.85. The second-order valence-electron chi connectivity index (χ2n) is 5.66. The van der Waals surface area contributed by atoms with Gasteiger partial charge in [-0.05, 0) is 54.4 Å². The molecule has 1 aromatic carbocycles. The number of hydrogen-bond donors (Lipinski definition) is 1. The number of carbonyl (C=O) groups excluding carboxylic acids is 1. The Balaban J connectivity index is 1.66. The van der Waals surface area contributed by atoms with E-state index in [1.165, 1.54) is 12.1 Å². The first-order valence-corrected chi connectivity index (χ1v) is 9.09. The third-order valence-electron chi connectivity index (χ3n) is 3.98. The number of thiophene rings is 1. The van der Waals surface area contributed by atoms with Crippen LogP contribution in [0.15, 0.2) is 35.0 Å². The molecule has 1 amide bonds. The lowest BCUT2D eigenvalue weighted by Crippen LogP contribution is -2.28. The third-order valence-corrected chi connectivity index (χ3v) is 4.97. The van der Waals surface area contributed by atoms with E-state index < -0.39 is 5.82 Å². The van der Waals surface area contributed by atoms with Crippen molar-refractivity contribution in [3.05, 3.63) is 62.8 Å². The van der Waals surface area contributed by atoms with Gasteiger partial charge >= 0.3 is 0 Å². The molecule has 3 aromatic rings. The highest BCUT2D eigenvalue weighted by molar-refractivity contribution is 7.08. The van der Waals surface area contributed by atoms with Gasteiger partial charge in [0.25, 0.3) is 5.91 Å². The first-order chi connectivity index (χ1) is 12.0. The summed E-state index contributed by atoms with van der Waals surface area (Å²) in [6.07, 6.45) is 0. The molecule has 0 aliphatic heterocycles. The highest BCUT2D eigenvalue weighted by Crippen LogP contribution is 2.28. The first-order valence-electron chi connectivity index (χ1n) is 7.77. The minimum absolute atomic E-state index is 0.100. The van der Waals surface area contributed by atoms with Gasteiger partial charge in [-0.25, -0.2) is 4.39 Å². The average Bonchev–Trinajstić information content (AvgIpc) is 3.16. The van der Waals surface area contributed by atoms with Crippen molar-refractivity contribution >= 4 is 28.8 Å². The smallest absolute Gasteiger partial charge is 0.252 e. The molecule has 4 nitrogen and oxygen atoms in total. The largest absolute Gasteiger partial charge is 0.350 e. The van der Waals surface area contributed by atoms with Gasteiger partial charge in [0.1, 0.15) is 5.82 Å². The molecule has 0 unspecified atom stereocenters. The molecule has 25 heavy (non-hydrogen) atoms. The summed E-state index contributed by atoms with van der Waals surface area (Å²) in [4.78, 5) is 12.2. The lowest BCUT2D eigenvalue weighted by Gasteiger charge is -2.08. The molecule has 0 spiro atoms. The number of amides is 1. The van der Waals surface area contributed by atoms with Gasteiger partial charge in [0.05, 0.1) is 22.8 Å². The fraction of sp³-hybridized carbons (Fsp3) is 0.222. The molecule has 0 bridgehead atoms. The third kappa shape index (κ3) is 3.75. The number of aromatic nitrogens is 2. The molecule has 2 aromatic heterocycles. The molecule has 1 N–H and O–H groups in total. The molecular formula is C18H17ClFN3OS. The Kier molecular flexibility index (Phi) is 5.20. The second kappa shape index (κ2) is 7.37. The van der Waals surface area contributed by atoms with E-state index in [1.807, 2.05) is 23.9 Å². The number of nitrogens with one attached hydrogen (secondary N) is 1. The van der Waals surface area contributed by atoms with E-state index in [-0.39, 0.29) is 16.5 Å². The molecule has 7 heteroatoms. The van der Waals surface area contributed by atoms with Crippen molar-refractivity contribution in [3.8, 4) is 11.1 Å². The number of benzene rings is 1. The monoisotopic (exact) mass is 377 g/mol. The summed E-state index contributed by atoms with van der Waals surface area (Å²) in [7, 11) is 0. The molecule has 0 saturated heterocycles. The van der Waals surface area contributed by atoms with Crippen LogP contribution in [0.1, 0.15) is 21.7 Å². The van der Waals surface area contributed by atoms with Crippen molar-refractivity contribution in [2.75, 3.05) is 6.54 Å². The van der Waals surface area contributed by atoms with Gasteiger partial charge in [0, 0.05) is 17.8 Å². The van der Waals surface area contributed by atoms with E-state index in [0.29, 0.717) is 13.1 Å². The van der Waals surface area contributed by atoms with E-state index in [4.69, 9.17) is 11.6 Å². The van der Waals surface area contributed by atoms with E-state index >= 15 is 0 Å². The zero-order chi connectivity index (χ0) is 18.0. The zero-order valence-corrected chi connectivity index (χ0v) is 15.4. The van der Waals surface area contributed by atoms with E-state index in [9.17, 15) is 9.18 Å². The highest BCUT2D eigenvalue weighted by atomic mass is 35.5. The van der Waals surface area contributed by atoms with E-state index in [2.05, 4.69) is 21.9 Å². The Hall–Kier alpha value is -2.18. The number of rotatable bonds is 5. The summed E-state index contributed by atoms with van der Waals surface area (Å²) in [5.74, 6) is -0.797. The zero-order valence-electron chi connectivity index (χ0n) is 13.8. The maximum Gasteiger partial charge on any atom is 0.252 e.